The maximum atomic E-state index is 5.59. The van der Waals surface area contributed by atoms with Crippen LogP contribution < -0.4 is 10.5 Å². The topological polar surface area (TPSA) is 70.3 Å². The fourth-order valence-electron chi connectivity index (χ4n) is 0.957. The summed E-state index contributed by atoms with van der Waals surface area (Å²) in [5, 5.41) is 0. The smallest absolute Gasteiger partial charge is 0.233 e. The van der Waals surface area contributed by atoms with Crippen LogP contribution in [0.4, 0.5) is 5.82 Å². The van der Waals surface area contributed by atoms with Crippen molar-refractivity contribution in [1.29, 1.82) is 0 Å². The van der Waals surface area contributed by atoms with Gasteiger partial charge < -0.3 is 15.2 Å². The highest BCUT2D eigenvalue weighted by Crippen LogP contribution is 2.26. The molecule has 1 heterocycles. The van der Waals surface area contributed by atoms with E-state index in [-0.39, 0.29) is 6.10 Å². The van der Waals surface area contributed by atoms with Crippen LogP contribution in [0.15, 0.2) is 10.8 Å². The molecule has 0 bridgehead atoms. The summed E-state index contributed by atoms with van der Waals surface area (Å²) in [4.78, 5) is 7.79. The largest absolute Gasteiger partial charge is 0.471 e. The third-order valence-electron chi connectivity index (χ3n) is 1.65. The molecule has 2 N–H and O–H groups in total. The molecule has 0 saturated heterocycles. The standard InChI is InChI=1S/C9H14BrN3O2/c1-3-14-4-6(2)15-9-7(10)8(11)12-5-13-9/h5-6H,3-4H2,1-2H3,(H2,11,12,13). The highest BCUT2D eigenvalue weighted by molar-refractivity contribution is 9.10. The van der Waals surface area contributed by atoms with E-state index in [9.17, 15) is 0 Å². The molecule has 1 unspecified atom stereocenters. The summed E-state index contributed by atoms with van der Waals surface area (Å²) in [5.74, 6) is 0.804. The zero-order chi connectivity index (χ0) is 11.3. The normalized spacial score (nSPS) is 12.5. The molecule has 0 aliphatic carbocycles. The van der Waals surface area contributed by atoms with Crippen molar-refractivity contribution in [2.75, 3.05) is 18.9 Å². The average molecular weight is 276 g/mol. The Morgan fingerprint density at radius 2 is 2.27 bits per heavy atom. The van der Waals surface area contributed by atoms with Crippen LogP contribution in [0.1, 0.15) is 13.8 Å². The van der Waals surface area contributed by atoms with Gasteiger partial charge in [-0.15, -0.1) is 0 Å². The Bertz CT molecular complexity index is 322. The first-order valence-electron chi connectivity index (χ1n) is 4.65. The Hall–Kier alpha value is -0.880. The van der Waals surface area contributed by atoms with Crippen molar-refractivity contribution in [1.82, 2.24) is 9.97 Å². The van der Waals surface area contributed by atoms with Crippen LogP contribution in [0.25, 0.3) is 0 Å². The quantitative estimate of drug-likeness (QED) is 0.885. The molecule has 1 aromatic heterocycles. The Morgan fingerprint density at radius 3 is 2.93 bits per heavy atom. The number of halogens is 1. The molecule has 84 valence electrons. The maximum Gasteiger partial charge on any atom is 0.233 e. The molecule has 5 nitrogen and oxygen atoms in total. The molecule has 0 saturated carbocycles. The van der Waals surface area contributed by atoms with E-state index in [4.69, 9.17) is 15.2 Å². The summed E-state index contributed by atoms with van der Waals surface area (Å²) >= 11 is 3.26. The molecule has 0 aliphatic rings. The van der Waals surface area contributed by atoms with Crippen LogP contribution in [-0.2, 0) is 4.74 Å². The first-order valence-corrected chi connectivity index (χ1v) is 5.44. The van der Waals surface area contributed by atoms with E-state index in [0.29, 0.717) is 29.4 Å². The molecule has 1 aromatic rings. The van der Waals surface area contributed by atoms with Gasteiger partial charge in [-0.3, -0.25) is 0 Å². The van der Waals surface area contributed by atoms with Crippen LogP contribution in [0.2, 0.25) is 0 Å². The minimum atomic E-state index is -0.0736. The highest BCUT2D eigenvalue weighted by Gasteiger charge is 2.11. The third kappa shape index (κ3) is 3.64. The monoisotopic (exact) mass is 275 g/mol. The number of ether oxygens (including phenoxy) is 2. The van der Waals surface area contributed by atoms with Crippen molar-refractivity contribution < 1.29 is 9.47 Å². The van der Waals surface area contributed by atoms with Crippen molar-refractivity contribution in [3.05, 3.63) is 10.8 Å². The number of anilines is 1. The van der Waals surface area contributed by atoms with Crippen LogP contribution in [0, 0.1) is 0 Å². The molecule has 0 radical (unpaired) electrons. The van der Waals surface area contributed by atoms with Gasteiger partial charge in [0.25, 0.3) is 0 Å². The molecule has 15 heavy (non-hydrogen) atoms. The predicted molar refractivity (Wildman–Crippen MR) is 60.7 cm³/mol. The lowest BCUT2D eigenvalue weighted by molar-refractivity contribution is 0.0629. The average Bonchev–Trinajstić information content (AvgIpc) is 2.22. The van der Waals surface area contributed by atoms with Gasteiger partial charge in [-0.2, -0.15) is 0 Å². The first-order chi connectivity index (χ1) is 7.15. The van der Waals surface area contributed by atoms with Gasteiger partial charge in [-0.1, -0.05) is 0 Å². The second kappa shape index (κ2) is 5.87. The number of hydrogen-bond donors (Lipinski definition) is 1. The van der Waals surface area contributed by atoms with Crippen LogP contribution in [0.3, 0.4) is 0 Å². The van der Waals surface area contributed by atoms with Crippen LogP contribution in [-0.4, -0.2) is 29.3 Å². The van der Waals surface area contributed by atoms with E-state index < -0.39 is 0 Å². The van der Waals surface area contributed by atoms with E-state index in [0.717, 1.165) is 0 Å². The molecule has 0 aromatic carbocycles. The van der Waals surface area contributed by atoms with Crippen molar-refractivity contribution in [3.8, 4) is 5.88 Å². The summed E-state index contributed by atoms with van der Waals surface area (Å²) in [7, 11) is 0. The van der Waals surface area contributed by atoms with Gasteiger partial charge in [0.15, 0.2) is 0 Å². The maximum absolute atomic E-state index is 5.59. The zero-order valence-corrected chi connectivity index (χ0v) is 10.3. The summed E-state index contributed by atoms with van der Waals surface area (Å²) in [6, 6.07) is 0. The lowest BCUT2D eigenvalue weighted by Crippen LogP contribution is -2.20. The molecular weight excluding hydrogens is 262 g/mol. The fourth-order valence-corrected chi connectivity index (χ4v) is 1.26. The number of nitrogens with zero attached hydrogens (tertiary/aromatic N) is 2. The Labute approximate surface area is 97.1 Å². The van der Waals surface area contributed by atoms with Crippen LogP contribution in [0.5, 0.6) is 5.88 Å². The molecular formula is C9H14BrN3O2. The summed E-state index contributed by atoms with van der Waals surface area (Å²) in [6.07, 6.45) is 1.29. The zero-order valence-electron chi connectivity index (χ0n) is 8.74. The van der Waals surface area contributed by atoms with Gasteiger partial charge in [0.2, 0.25) is 5.88 Å². The summed E-state index contributed by atoms with van der Waals surface area (Å²) < 4.78 is 11.3. The molecule has 1 atom stereocenters. The molecule has 6 heteroatoms. The number of aromatic nitrogens is 2. The van der Waals surface area contributed by atoms with E-state index in [1.54, 1.807) is 0 Å². The Kier molecular flexibility index (Phi) is 4.77. The van der Waals surface area contributed by atoms with Gasteiger partial charge in [0, 0.05) is 6.61 Å². The van der Waals surface area contributed by atoms with Gasteiger partial charge in [-0.25, -0.2) is 9.97 Å². The number of hydrogen-bond acceptors (Lipinski definition) is 5. The van der Waals surface area contributed by atoms with Gasteiger partial charge in [0.05, 0.1) is 6.61 Å². The number of rotatable bonds is 5. The predicted octanol–water partition coefficient (Wildman–Crippen LogP) is 1.63. The number of nitrogens with two attached hydrogens (primary N) is 1. The van der Waals surface area contributed by atoms with Gasteiger partial charge in [0.1, 0.15) is 22.7 Å². The summed E-state index contributed by atoms with van der Waals surface area (Å²) in [6.45, 7) is 5.03. The van der Waals surface area contributed by atoms with Crippen molar-refractivity contribution in [3.63, 3.8) is 0 Å². The molecule has 1 rings (SSSR count). The summed E-state index contributed by atoms with van der Waals surface area (Å²) in [5.41, 5.74) is 5.59. The lowest BCUT2D eigenvalue weighted by Gasteiger charge is -2.14. The van der Waals surface area contributed by atoms with E-state index in [2.05, 4.69) is 25.9 Å². The molecule has 0 aliphatic heterocycles. The second-order valence-corrected chi connectivity index (χ2v) is 3.76. The molecule has 0 amide bonds. The molecule has 0 spiro atoms. The minimum Gasteiger partial charge on any atom is -0.471 e. The van der Waals surface area contributed by atoms with E-state index in [1.165, 1.54) is 6.33 Å². The Balaban J connectivity index is 2.60. The second-order valence-electron chi connectivity index (χ2n) is 2.97. The van der Waals surface area contributed by atoms with Gasteiger partial charge in [-0.05, 0) is 29.8 Å². The number of nitrogen functional groups attached to an aromatic ring is 1. The van der Waals surface area contributed by atoms with Crippen LogP contribution >= 0.6 is 15.9 Å². The SMILES string of the molecule is CCOCC(C)Oc1ncnc(N)c1Br. The van der Waals surface area contributed by atoms with Crippen molar-refractivity contribution in [2.45, 2.75) is 20.0 Å². The highest BCUT2D eigenvalue weighted by atomic mass is 79.9. The lowest BCUT2D eigenvalue weighted by atomic mass is 10.4. The van der Waals surface area contributed by atoms with Crippen molar-refractivity contribution in [2.24, 2.45) is 0 Å². The Morgan fingerprint density at radius 1 is 1.53 bits per heavy atom. The van der Waals surface area contributed by atoms with Gasteiger partial charge >= 0.3 is 0 Å². The van der Waals surface area contributed by atoms with Crippen molar-refractivity contribution >= 4 is 21.7 Å². The fraction of sp³-hybridized carbons (Fsp3) is 0.556. The molecule has 0 fully saturated rings. The third-order valence-corrected chi connectivity index (χ3v) is 2.40. The first kappa shape index (κ1) is 12.2. The van der Waals surface area contributed by atoms with E-state index >= 15 is 0 Å². The minimum absolute atomic E-state index is 0.0736. The van der Waals surface area contributed by atoms with E-state index in [1.807, 2.05) is 13.8 Å².